The van der Waals surface area contributed by atoms with E-state index < -0.39 is 0 Å². The zero-order valence-corrected chi connectivity index (χ0v) is 10.3. The summed E-state index contributed by atoms with van der Waals surface area (Å²) in [6.45, 7) is 7.71. The van der Waals surface area contributed by atoms with Crippen LogP contribution in [-0.4, -0.2) is 16.6 Å². The first-order valence-electron chi connectivity index (χ1n) is 5.48. The van der Waals surface area contributed by atoms with Crippen molar-refractivity contribution in [2.45, 2.75) is 39.7 Å². The van der Waals surface area contributed by atoms with E-state index in [9.17, 15) is 9.90 Å². The number of hydrogen-bond donors (Lipinski definition) is 2. The van der Waals surface area contributed by atoms with Crippen molar-refractivity contribution in [1.29, 1.82) is 0 Å². The summed E-state index contributed by atoms with van der Waals surface area (Å²) in [6.07, 6.45) is 0.858. The molecule has 0 unspecified atom stereocenters. The van der Waals surface area contributed by atoms with Crippen LogP contribution in [0.1, 0.15) is 43.1 Å². The fourth-order valence-electron chi connectivity index (χ4n) is 1.33. The summed E-state index contributed by atoms with van der Waals surface area (Å²) in [6, 6.07) is 4.98. The van der Waals surface area contributed by atoms with Crippen molar-refractivity contribution < 1.29 is 9.90 Å². The van der Waals surface area contributed by atoms with Crippen LogP contribution in [0, 0.1) is 6.92 Å². The number of carbonyl (C=O) groups is 1. The summed E-state index contributed by atoms with van der Waals surface area (Å²) in [5.74, 6) is 0.0159. The van der Waals surface area contributed by atoms with Crippen molar-refractivity contribution in [2.75, 3.05) is 0 Å². The Kier molecular flexibility index (Phi) is 3.58. The monoisotopic (exact) mass is 221 g/mol. The third-order valence-corrected chi connectivity index (χ3v) is 2.89. The standard InChI is InChI=1S/C13H19NO2/c1-5-13(3,4)14-12(16)10-7-6-8-11(15)9(10)2/h6-8,15H,5H2,1-4H3,(H,14,16). The van der Waals surface area contributed by atoms with E-state index in [0.717, 1.165) is 6.42 Å². The van der Waals surface area contributed by atoms with E-state index in [2.05, 4.69) is 5.32 Å². The normalized spacial score (nSPS) is 11.2. The lowest BCUT2D eigenvalue weighted by Gasteiger charge is -2.25. The van der Waals surface area contributed by atoms with Crippen LogP contribution in [0.5, 0.6) is 5.75 Å². The molecule has 0 aromatic heterocycles. The van der Waals surface area contributed by atoms with Gasteiger partial charge in [0.1, 0.15) is 5.75 Å². The number of phenols is 1. The molecule has 0 bridgehead atoms. The number of amides is 1. The average Bonchev–Trinajstić information content (AvgIpc) is 2.21. The molecule has 0 atom stereocenters. The first-order chi connectivity index (χ1) is 7.37. The van der Waals surface area contributed by atoms with E-state index >= 15 is 0 Å². The van der Waals surface area contributed by atoms with Gasteiger partial charge in [0.15, 0.2) is 0 Å². The molecular formula is C13H19NO2. The highest BCUT2D eigenvalue weighted by molar-refractivity contribution is 5.96. The fraction of sp³-hybridized carbons (Fsp3) is 0.462. The lowest BCUT2D eigenvalue weighted by molar-refractivity contribution is 0.0910. The van der Waals surface area contributed by atoms with Crippen LogP contribution < -0.4 is 5.32 Å². The highest BCUT2D eigenvalue weighted by Gasteiger charge is 2.20. The number of carbonyl (C=O) groups excluding carboxylic acids is 1. The van der Waals surface area contributed by atoms with E-state index in [0.29, 0.717) is 11.1 Å². The zero-order chi connectivity index (χ0) is 12.3. The zero-order valence-electron chi connectivity index (χ0n) is 10.3. The Balaban J connectivity index is 2.94. The average molecular weight is 221 g/mol. The molecule has 3 heteroatoms. The maximum Gasteiger partial charge on any atom is 0.252 e. The largest absolute Gasteiger partial charge is 0.508 e. The van der Waals surface area contributed by atoms with Crippen LogP contribution in [0.15, 0.2) is 18.2 Å². The Bertz CT molecular complexity index is 397. The van der Waals surface area contributed by atoms with Crippen molar-refractivity contribution in [3.63, 3.8) is 0 Å². The van der Waals surface area contributed by atoms with Gasteiger partial charge in [-0.2, -0.15) is 0 Å². The molecule has 1 amide bonds. The molecule has 1 aromatic carbocycles. The molecule has 0 aliphatic heterocycles. The van der Waals surface area contributed by atoms with Gasteiger partial charge in [-0.15, -0.1) is 0 Å². The SMILES string of the molecule is CCC(C)(C)NC(=O)c1cccc(O)c1C. The molecule has 16 heavy (non-hydrogen) atoms. The first-order valence-corrected chi connectivity index (χ1v) is 5.48. The Morgan fingerprint density at radius 3 is 2.62 bits per heavy atom. The van der Waals surface area contributed by atoms with Gasteiger partial charge in [0.25, 0.3) is 5.91 Å². The minimum absolute atomic E-state index is 0.139. The summed E-state index contributed by atoms with van der Waals surface area (Å²) >= 11 is 0. The molecule has 0 spiro atoms. The summed E-state index contributed by atoms with van der Waals surface area (Å²) in [5.41, 5.74) is 0.919. The second-order valence-corrected chi connectivity index (χ2v) is 4.64. The lowest BCUT2D eigenvalue weighted by atomic mass is 10.00. The van der Waals surface area contributed by atoms with E-state index in [-0.39, 0.29) is 17.2 Å². The molecule has 0 fully saturated rings. The topological polar surface area (TPSA) is 49.3 Å². The molecule has 0 aliphatic rings. The van der Waals surface area contributed by atoms with Crippen LogP contribution in [0.25, 0.3) is 0 Å². The van der Waals surface area contributed by atoms with E-state index in [1.165, 1.54) is 0 Å². The minimum atomic E-state index is -0.227. The second kappa shape index (κ2) is 4.56. The number of benzene rings is 1. The van der Waals surface area contributed by atoms with Gasteiger partial charge < -0.3 is 10.4 Å². The summed E-state index contributed by atoms with van der Waals surface area (Å²) < 4.78 is 0. The Labute approximate surface area is 96.5 Å². The van der Waals surface area contributed by atoms with Gasteiger partial charge >= 0.3 is 0 Å². The van der Waals surface area contributed by atoms with Crippen LogP contribution >= 0.6 is 0 Å². The molecule has 3 nitrogen and oxygen atoms in total. The summed E-state index contributed by atoms with van der Waals surface area (Å²) in [4.78, 5) is 12.0. The van der Waals surface area contributed by atoms with Crippen molar-refractivity contribution in [3.05, 3.63) is 29.3 Å². The summed E-state index contributed by atoms with van der Waals surface area (Å²) in [5, 5.41) is 12.5. The molecule has 0 radical (unpaired) electrons. The Morgan fingerprint density at radius 1 is 1.44 bits per heavy atom. The van der Waals surface area contributed by atoms with Gasteiger partial charge in [0.2, 0.25) is 0 Å². The van der Waals surface area contributed by atoms with Crippen molar-refractivity contribution in [3.8, 4) is 5.75 Å². The number of phenolic OH excluding ortho intramolecular Hbond substituents is 1. The van der Waals surface area contributed by atoms with Crippen molar-refractivity contribution in [1.82, 2.24) is 5.32 Å². The molecule has 1 aromatic rings. The number of aromatic hydroxyl groups is 1. The number of nitrogens with one attached hydrogen (secondary N) is 1. The van der Waals surface area contributed by atoms with Crippen LogP contribution in [0.4, 0.5) is 0 Å². The maximum atomic E-state index is 12.0. The van der Waals surface area contributed by atoms with Crippen molar-refractivity contribution in [2.24, 2.45) is 0 Å². The predicted molar refractivity (Wildman–Crippen MR) is 64.7 cm³/mol. The molecule has 0 saturated heterocycles. The second-order valence-electron chi connectivity index (χ2n) is 4.64. The predicted octanol–water partition coefficient (Wildman–Crippen LogP) is 2.62. The molecule has 0 aliphatic carbocycles. The number of hydrogen-bond acceptors (Lipinski definition) is 2. The molecule has 0 saturated carbocycles. The fourth-order valence-corrected chi connectivity index (χ4v) is 1.33. The molecule has 0 heterocycles. The Morgan fingerprint density at radius 2 is 2.06 bits per heavy atom. The molecular weight excluding hydrogens is 202 g/mol. The molecule has 88 valence electrons. The van der Waals surface area contributed by atoms with Gasteiger partial charge in [-0.05, 0) is 39.3 Å². The molecule has 1 rings (SSSR count). The van der Waals surface area contributed by atoms with Crippen LogP contribution in [-0.2, 0) is 0 Å². The van der Waals surface area contributed by atoms with Crippen molar-refractivity contribution >= 4 is 5.91 Å². The Hall–Kier alpha value is -1.51. The number of rotatable bonds is 3. The van der Waals surface area contributed by atoms with E-state index in [4.69, 9.17) is 0 Å². The van der Waals surface area contributed by atoms with Crippen LogP contribution in [0.3, 0.4) is 0 Å². The van der Waals surface area contributed by atoms with E-state index in [1.54, 1.807) is 25.1 Å². The van der Waals surface area contributed by atoms with Gasteiger partial charge in [-0.1, -0.05) is 13.0 Å². The van der Waals surface area contributed by atoms with Gasteiger partial charge in [0.05, 0.1) is 0 Å². The smallest absolute Gasteiger partial charge is 0.252 e. The van der Waals surface area contributed by atoms with E-state index in [1.807, 2.05) is 20.8 Å². The third kappa shape index (κ3) is 2.75. The first kappa shape index (κ1) is 12.6. The summed E-state index contributed by atoms with van der Waals surface area (Å²) in [7, 11) is 0. The quantitative estimate of drug-likeness (QED) is 0.824. The minimum Gasteiger partial charge on any atom is -0.508 e. The maximum absolute atomic E-state index is 12.0. The third-order valence-electron chi connectivity index (χ3n) is 2.89. The molecule has 2 N–H and O–H groups in total. The highest BCUT2D eigenvalue weighted by atomic mass is 16.3. The van der Waals surface area contributed by atoms with Crippen LogP contribution in [0.2, 0.25) is 0 Å². The van der Waals surface area contributed by atoms with Gasteiger partial charge in [-0.25, -0.2) is 0 Å². The van der Waals surface area contributed by atoms with Gasteiger partial charge in [-0.3, -0.25) is 4.79 Å². The highest BCUT2D eigenvalue weighted by Crippen LogP contribution is 2.20. The lowest BCUT2D eigenvalue weighted by Crippen LogP contribution is -2.43. The van der Waals surface area contributed by atoms with Gasteiger partial charge in [0, 0.05) is 16.7 Å².